The van der Waals surface area contributed by atoms with Crippen molar-refractivity contribution < 1.29 is 4.39 Å². The van der Waals surface area contributed by atoms with Crippen LogP contribution in [0.1, 0.15) is 44.2 Å². The summed E-state index contributed by atoms with van der Waals surface area (Å²) in [6, 6.07) is 14.8. The molecule has 0 aliphatic heterocycles. The number of nitrogens with zero attached hydrogens (tertiary/aromatic N) is 1. The summed E-state index contributed by atoms with van der Waals surface area (Å²) in [6.07, 6.45) is 0. The highest BCUT2D eigenvalue weighted by molar-refractivity contribution is 5.74. The third-order valence-electron chi connectivity index (χ3n) is 4.15. The third kappa shape index (κ3) is 3.42. The average molecular weight is 311 g/mol. The second kappa shape index (κ2) is 6.50. The monoisotopic (exact) mass is 311 g/mol. The molecule has 2 aromatic carbocycles. The maximum absolute atomic E-state index is 13.4. The fourth-order valence-electron chi connectivity index (χ4n) is 2.85. The molecule has 3 nitrogen and oxygen atoms in total. The van der Waals surface area contributed by atoms with E-state index in [1.54, 1.807) is 12.1 Å². The van der Waals surface area contributed by atoms with Gasteiger partial charge >= 0.3 is 0 Å². The second-order valence-corrected chi connectivity index (χ2v) is 6.30. The first-order valence-electron chi connectivity index (χ1n) is 8.00. The van der Waals surface area contributed by atoms with Crippen LogP contribution in [0.2, 0.25) is 0 Å². The van der Waals surface area contributed by atoms with Crippen LogP contribution in [0.25, 0.3) is 11.0 Å². The van der Waals surface area contributed by atoms with E-state index >= 15 is 0 Å². The number of nitrogens with one attached hydrogen (secondary N) is 2. The Morgan fingerprint density at radius 2 is 1.83 bits per heavy atom. The van der Waals surface area contributed by atoms with Crippen LogP contribution in [0.4, 0.5) is 4.39 Å². The van der Waals surface area contributed by atoms with E-state index in [0.29, 0.717) is 5.92 Å². The molecule has 0 aliphatic rings. The molecule has 0 aliphatic carbocycles. The summed E-state index contributed by atoms with van der Waals surface area (Å²) in [6.45, 7) is 6.36. The van der Waals surface area contributed by atoms with E-state index in [2.05, 4.69) is 24.1 Å². The number of H-pyrrole nitrogens is 1. The quantitative estimate of drug-likeness (QED) is 0.714. The molecule has 0 fully saturated rings. The first-order chi connectivity index (χ1) is 11.0. The standard InChI is InChI=1S/C19H22FN3/c1-12(2)18(19-22-16-9-4-5-10-17(16)23-19)21-13(3)14-7-6-8-15(20)11-14/h4-13,18,21H,1-3H3,(H,22,23). The van der Waals surface area contributed by atoms with Crippen LogP contribution in [-0.2, 0) is 0 Å². The number of aromatic nitrogens is 2. The summed E-state index contributed by atoms with van der Waals surface area (Å²) < 4.78 is 13.4. The van der Waals surface area contributed by atoms with Crippen molar-refractivity contribution in [2.45, 2.75) is 32.9 Å². The molecule has 1 heterocycles. The zero-order valence-electron chi connectivity index (χ0n) is 13.7. The Labute approximate surface area is 136 Å². The highest BCUT2D eigenvalue weighted by Gasteiger charge is 2.22. The van der Waals surface area contributed by atoms with Crippen molar-refractivity contribution in [3.63, 3.8) is 0 Å². The highest BCUT2D eigenvalue weighted by Crippen LogP contribution is 2.26. The Bertz CT molecular complexity index is 761. The predicted octanol–water partition coefficient (Wildman–Crippen LogP) is 4.75. The average Bonchev–Trinajstić information content (AvgIpc) is 2.95. The molecule has 2 unspecified atom stereocenters. The Morgan fingerprint density at radius 1 is 1.04 bits per heavy atom. The van der Waals surface area contributed by atoms with Gasteiger partial charge in [0.05, 0.1) is 17.1 Å². The van der Waals surface area contributed by atoms with Crippen molar-refractivity contribution in [3.05, 3.63) is 65.7 Å². The number of halogens is 1. The van der Waals surface area contributed by atoms with Crippen molar-refractivity contribution in [2.24, 2.45) is 5.92 Å². The largest absolute Gasteiger partial charge is 0.341 e. The lowest BCUT2D eigenvalue weighted by Gasteiger charge is -2.25. The first-order valence-corrected chi connectivity index (χ1v) is 8.00. The molecule has 0 radical (unpaired) electrons. The summed E-state index contributed by atoms with van der Waals surface area (Å²) in [5.41, 5.74) is 2.94. The fraction of sp³-hybridized carbons (Fsp3) is 0.316. The number of hydrogen-bond acceptors (Lipinski definition) is 2. The number of rotatable bonds is 5. The van der Waals surface area contributed by atoms with Crippen molar-refractivity contribution >= 4 is 11.0 Å². The van der Waals surface area contributed by atoms with Gasteiger partial charge in [0, 0.05) is 6.04 Å². The zero-order valence-corrected chi connectivity index (χ0v) is 13.7. The number of para-hydroxylation sites is 2. The molecule has 0 bridgehead atoms. The molecular formula is C19H22FN3. The van der Waals surface area contributed by atoms with Crippen molar-refractivity contribution in [2.75, 3.05) is 0 Å². The van der Waals surface area contributed by atoms with E-state index in [4.69, 9.17) is 4.98 Å². The minimum absolute atomic E-state index is 0.0336. The van der Waals surface area contributed by atoms with Gasteiger partial charge in [0.25, 0.3) is 0 Å². The molecule has 1 aromatic heterocycles. The van der Waals surface area contributed by atoms with Gasteiger partial charge in [-0.05, 0) is 42.7 Å². The SMILES string of the molecule is CC(NC(c1nc2ccccc2[nH]1)C(C)C)c1cccc(F)c1. The van der Waals surface area contributed by atoms with Crippen LogP contribution >= 0.6 is 0 Å². The van der Waals surface area contributed by atoms with Crippen LogP contribution in [0.5, 0.6) is 0 Å². The number of imidazole rings is 1. The molecule has 2 N–H and O–H groups in total. The zero-order chi connectivity index (χ0) is 16.4. The van der Waals surface area contributed by atoms with Gasteiger partial charge in [-0.2, -0.15) is 0 Å². The maximum atomic E-state index is 13.4. The number of benzene rings is 2. The molecule has 0 spiro atoms. The molecule has 0 saturated carbocycles. The molecular weight excluding hydrogens is 289 g/mol. The lowest BCUT2D eigenvalue weighted by atomic mass is 10.0. The number of fused-ring (bicyclic) bond motifs is 1. The molecule has 120 valence electrons. The minimum Gasteiger partial charge on any atom is -0.341 e. The van der Waals surface area contributed by atoms with Crippen molar-refractivity contribution in [3.8, 4) is 0 Å². The molecule has 0 amide bonds. The van der Waals surface area contributed by atoms with Gasteiger partial charge in [0.1, 0.15) is 11.6 Å². The van der Waals surface area contributed by atoms with Crippen molar-refractivity contribution in [1.82, 2.24) is 15.3 Å². The van der Waals surface area contributed by atoms with Crippen LogP contribution in [0.15, 0.2) is 48.5 Å². The summed E-state index contributed by atoms with van der Waals surface area (Å²) in [5, 5.41) is 3.58. The summed E-state index contributed by atoms with van der Waals surface area (Å²) in [5.74, 6) is 1.07. The molecule has 3 aromatic rings. The van der Waals surface area contributed by atoms with Gasteiger partial charge in [-0.15, -0.1) is 0 Å². The summed E-state index contributed by atoms with van der Waals surface area (Å²) in [7, 11) is 0. The van der Waals surface area contributed by atoms with E-state index in [0.717, 1.165) is 22.4 Å². The van der Waals surface area contributed by atoms with Crippen LogP contribution < -0.4 is 5.32 Å². The van der Waals surface area contributed by atoms with Gasteiger partial charge in [-0.1, -0.05) is 38.1 Å². The molecule has 2 atom stereocenters. The van der Waals surface area contributed by atoms with Crippen LogP contribution in [-0.4, -0.2) is 9.97 Å². The predicted molar refractivity (Wildman–Crippen MR) is 91.6 cm³/mol. The molecule has 3 rings (SSSR count). The van der Waals surface area contributed by atoms with E-state index in [9.17, 15) is 4.39 Å². The Balaban J connectivity index is 1.87. The fourth-order valence-corrected chi connectivity index (χ4v) is 2.85. The van der Waals surface area contributed by atoms with E-state index < -0.39 is 0 Å². The van der Waals surface area contributed by atoms with Gasteiger partial charge in [-0.25, -0.2) is 9.37 Å². The van der Waals surface area contributed by atoms with Gasteiger partial charge < -0.3 is 10.3 Å². The van der Waals surface area contributed by atoms with Gasteiger partial charge in [0.15, 0.2) is 0 Å². The summed E-state index contributed by atoms with van der Waals surface area (Å²) in [4.78, 5) is 8.10. The molecule has 4 heteroatoms. The topological polar surface area (TPSA) is 40.7 Å². The van der Waals surface area contributed by atoms with E-state index in [1.165, 1.54) is 6.07 Å². The molecule has 23 heavy (non-hydrogen) atoms. The van der Waals surface area contributed by atoms with Gasteiger partial charge in [0.2, 0.25) is 0 Å². The minimum atomic E-state index is -0.207. The third-order valence-corrected chi connectivity index (χ3v) is 4.15. The lowest BCUT2D eigenvalue weighted by Crippen LogP contribution is -2.29. The first kappa shape index (κ1) is 15.7. The van der Waals surface area contributed by atoms with Gasteiger partial charge in [-0.3, -0.25) is 0 Å². The second-order valence-electron chi connectivity index (χ2n) is 6.30. The van der Waals surface area contributed by atoms with E-state index in [1.807, 2.05) is 37.3 Å². The molecule has 0 saturated heterocycles. The van der Waals surface area contributed by atoms with E-state index in [-0.39, 0.29) is 17.9 Å². The number of hydrogen-bond donors (Lipinski definition) is 2. The number of aromatic amines is 1. The lowest BCUT2D eigenvalue weighted by molar-refractivity contribution is 0.361. The smallest absolute Gasteiger partial charge is 0.124 e. The highest BCUT2D eigenvalue weighted by atomic mass is 19.1. The summed E-state index contributed by atoms with van der Waals surface area (Å²) >= 11 is 0. The van der Waals surface area contributed by atoms with Crippen molar-refractivity contribution in [1.29, 1.82) is 0 Å². The maximum Gasteiger partial charge on any atom is 0.124 e. The normalized spacial score (nSPS) is 14.3. The Kier molecular flexibility index (Phi) is 4.44. The van der Waals surface area contributed by atoms with Crippen LogP contribution in [0.3, 0.4) is 0 Å². The Morgan fingerprint density at radius 3 is 2.52 bits per heavy atom. The Hall–Kier alpha value is -2.20. The van der Waals surface area contributed by atoms with Crippen LogP contribution in [0, 0.1) is 11.7 Å².